The Bertz CT molecular complexity index is 453. The molecule has 0 aliphatic rings. The van der Waals surface area contributed by atoms with Crippen LogP contribution in [0.4, 0.5) is 0 Å². The van der Waals surface area contributed by atoms with Gasteiger partial charge < -0.3 is 5.32 Å². The molecule has 2 aromatic rings. The molecule has 2 rings (SSSR count). The van der Waals surface area contributed by atoms with E-state index in [-0.39, 0.29) is 17.6 Å². The highest BCUT2D eigenvalue weighted by Crippen LogP contribution is 2.08. The Balaban J connectivity index is 2.03. The molecular weight excluding hydrogens is 206 g/mol. The number of nitrogens with one attached hydrogen (secondary N) is 2. The third-order valence-electron chi connectivity index (χ3n) is 2.13. The molecule has 0 aromatic carbocycles. The van der Waals surface area contributed by atoms with Crippen LogP contribution in [-0.2, 0) is 0 Å². The average molecular weight is 217 g/mol. The fourth-order valence-corrected chi connectivity index (χ4v) is 1.29. The van der Waals surface area contributed by atoms with E-state index < -0.39 is 0 Å². The van der Waals surface area contributed by atoms with Gasteiger partial charge in [-0.05, 0) is 19.1 Å². The second kappa shape index (κ2) is 4.52. The number of hydrogen-bond acceptors (Lipinski definition) is 4. The predicted molar refractivity (Wildman–Crippen MR) is 56.5 cm³/mol. The minimum absolute atomic E-state index is 0.162. The van der Waals surface area contributed by atoms with Crippen LogP contribution >= 0.6 is 0 Å². The molecule has 0 aliphatic heterocycles. The molecule has 6 nitrogen and oxygen atoms in total. The van der Waals surface area contributed by atoms with E-state index in [1.54, 1.807) is 6.20 Å². The molecule has 0 radical (unpaired) electrons. The SMILES string of the molecule is CC(NC(=O)c1cn[nH]n1)c1ccccn1. The van der Waals surface area contributed by atoms with Gasteiger partial charge in [0.15, 0.2) is 5.69 Å². The van der Waals surface area contributed by atoms with Crippen molar-refractivity contribution in [1.82, 2.24) is 25.7 Å². The summed E-state index contributed by atoms with van der Waals surface area (Å²) in [5, 5.41) is 12.4. The third kappa shape index (κ3) is 2.22. The van der Waals surface area contributed by atoms with Crippen LogP contribution in [0.2, 0.25) is 0 Å². The first-order valence-electron chi connectivity index (χ1n) is 4.85. The normalized spacial score (nSPS) is 12.1. The topological polar surface area (TPSA) is 83.6 Å². The first-order chi connectivity index (χ1) is 7.77. The van der Waals surface area contributed by atoms with Crippen molar-refractivity contribution in [3.8, 4) is 0 Å². The monoisotopic (exact) mass is 217 g/mol. The second-order valence-electron chi connectivity index (χ2n) is 3.30. The molecule has 0 aliphatic carbocycles. The van der Waals surface area contributed by atoms with Gasteiger partial charge in [0.2, 0.25) is 0 Å². The quantitative estimate of drug-likeness (QED) is 0.792. The van der Waals surface area contributed by atoms with E-state index in [9.17, 15) is 4.79 Å². The van der Waals surface area contributed by atoms with E-state index in [1.165, 1.54) is 6.20 Å². The van der Waals surface area contributed by atoms with Gasteiger partial charge in [-0.2, -0.15) is 15.4 Å². The first-order valence-corrected chi connectivity index (χ1v) is 4.85. The largest absolute Gasteiger partial charge is 0.342 e. The van der Waals surface area contributed by atoms with Crippen LogP contribution in [0.1, 0.15) is 29.1 Å². The van der Waals surface area contributed by atoms with E-state index in [2.05, 4.69) is 25.7 Å². The number of H-pyrrole nitrogens is 1. The Morgan fingerprint density at radius 1 is 1.50 bits per heavy atom. The molecule has 0 fully saturated rings. The van der Waals surface area contributed by atoms with Crippen LogP contribution in [0.5, 0.6) is 0 Å². The van der Waals surface area contributed by atoms with Crippen LogP contribution in [-0.4, -0.2) is 26.3 Å². The van der Waals surface area contributed by atoms with E-state index >= 15 is 0 Å². The van der Waals surface area contributed by atoms with Crippen molar-refractivity contribution in [2.75, 3.05) is 0 Å². The Morgan fingerprint density at radius 3 is 3.00 bits per heavy atom. The van der Waals surface area contributed by atoms with Crippen molar-refractivity contribution in [2.24, 2.45) is 0 Å². The summed E-state index contributed by atoms with van der Waals surface area (Å²) in [5.41, 5.74) is 1.07. The van der Waals surface area contributed by atoms with Crippen LogP contribution < -0.4 is 5.32 Å². The van der Waals surface area contributed by atoms with Gasteiger partial charge in [-0.3, -0.25) is 9.78 Å². The van der Waals surface area contributed by atoms with Gasteiger partial charge in [-0.15, -0.1) is 0 Å². The van der Waals surface area contributed by atoms with Crippen molar-refractivity contribution in [2.45, 2.75) is 13.0 Å². The number of nitrogens with zero attached hydrogens (tertiary/aromatic N) is 3. The van der Waals surface area contributed by atoms with Gasteiger partial charge in [-0.25, -0.2) is 0 Å². The number of aromatic nitrogens is 4. The summed E-state index contributed by atoms with van der Waals surface area (Å²) < 4.78 is 0. The summed E-state index contributed by atoms with van der Waals surface area (Å²) in [5.74, 6) is -0.271. The molecule has 2 aromatic heterocycles. The minimum atomic E-state index is -0.271. The molecule has 1 unspecified atom stereocenters. The zero-order valence-electron chi connectivity index (χ0n) is 8.71. The molecule has 2 N–H and O–H groups in total. The number of carbonyl (C=O) groups is 1. The van der Waals surface area contributed by atoms with Crippen LogP contribution in [0.25, 0.3) is 0 Å². The van der Waals surface area contributed by atoms with E-state index in [1.807, 2.05) is 25.1 Å². The molecule has 0 bridgehead atoms. The van der Waals surface area contributed by atoms with E-state index in [4.69, 9.17) is 0 Å². The maximum atomic E-state index is 11.6. The number of rotatable bonds is 3. The number of hydrogen-bond donors (Lipinski definition) is 2. The predicted octanol–water partition coefficient (Wildman–Crippen LogP) is 0.691. The van der Waals surface area contributed by atoms with Crippen LogP contribution in [0.15, 0.2) is 30.6 Å². The molecule has 1 amide bonds. The summed E-state index contributed by atoms with van der Waals surface area (Å²) in [6, 6.07) is 5.40. The highest BCUT2D eigenvalue weighted by atomic mass is 16.2. The summed E-state index contributed by atoms with van der Waals surface area (Å²) >= 11 is 0. The molecule has 2 heterocycles. The summed E-state index contributed by atoms with van der Waals surface area (Å²) in [7, 11) is 0. The van der Waals surface area contributed by atoms with Gasteiger partial charge in [0.1, 0.15) is 0 Å². The number of carbonyl (C=O) groups excluding carboxylic acids is 1. The zero-order valence-corrected chi connectivity index (χ0v) is 8.71. The Morgan fingerprint density at radius 2 is 2.38 bits per heavy atom. The summed E-state index contributed by atoms with van der Waals surface area (Å²) in [6.45, 7) is 1.86. The van der Waals surface area contributed by atoms with E-state index in [0.717, 1.165) is 5.69 Å². The fraction of sp³-hybridized carbons (Fsp3) is 0.200. The lowest BCUT2D eigenvalue weighted by atomic mass is 10.2. The molecule has 0 saturated carbocycles. The number of amides is 1. The van der Waals surface area contributed by atoms with Crippen LogP contribution in [0, 0.1) is 0 Å². The van der Waals surface area contributed by atoms with Crippen molar-refractivity contribution in [3.63, 3.8) is 0 Å². The lowest BCUT2D eigenvalue weighted by Gasteiger charge is -2.11. The van der Waals surface area contributed by atoms with Crippen molar-refractivity contribution in [3.05, 3.63) is 42.0 Å². The number of aromatic amines is 1. The Hall–Kier alpha value is -2.24. The second-order valence-corrected chi connectivity index (χ2v) is 3.30. The Kier molecular flexibility index (Phi) is 2.90. The summed E-state index contributed by atoms with van der Waals surface area (Å²) in [4.78, 5) is 15.8. The molecule has 16 heavy (non-hydrogen) atoms. The standard InChI is InChI=1S/C10H11N5O/c1-7(8-4-2-3-5-11-8)13-10(16)9-6-12-15-14-9/h2-7H,1H3,(H,13,16)(H,12,14,15). The van der Waals surface area contributed by atoms with Crippen LogP contribution in [0.3, 0.4) is 0 Å². The van der Waals surface area contributed by atoms with Gasteiger partial charge >= 0.3 is 0 Å². The van der Waals surface area contributed by atoms with Crippen molar-refractivity contribution >= 4 is 5.91 Å². The van der Waals surface area contributed by atoms with Gasteiger partial charge in [0.25, 0.3) is 5.91 Å². The molecular formula is C10H11N5O. The number of pyridine rings is 1. The summed E-state index contributed by atoms with van der Waals surface area (Å²) in [6.07, 6.45) is 3.06. The molecule has 0 spiro atoms. The highest BCUT2D eigenvalue weighted by Gasteiger charge is 2.13. The van der Waals surface area contributed by atoms with Gasteiger partial charge in [0, 0.05) is 6.20 Å². The lowest BCUT2D eigenvalue weighted by Crippen LogP contribution is -2.27. The van der Waals surface area contributed by atoms with Crippen molar-refractivity contribution < 1.29 is 4.79 Å². The lowest BCUT2D eigenvalue weighted by molar-refractivity contribution is 0.0934. The maximum absolute atomic E-state index is 11.6. The molecule has 0 saturated heterocycles. The van der Waals surface area contributed by atoms with Gasteiger partial charge in [-0.1, -0.05) is 6.07 Å². The molecule has 6 heteroatoms. The van der Waals surface area contributed by atoms with E-state index in [0.29, 0.717) is 0 Å². The minimum Gasteiger partial charge on any atom is -0.342 e. The Labute approximate surface area is 92.1 Å². The molecule has 82 valence electrons. The maximum Gasteiger partial charge on any atom is 0.273 e. The highest BCUT2D eigenvalue weighted by molar-refractivity contribution is 5.92. The smallest absolute Gasteiger partial charge is 0.273 e. The third-order valence-corrected chi connectivity index (χ3v) is 2.13. The van der Waals surface area contributed by atoms with Gasteiger partial charge in [0.05, 0.1) is 17.9 Å². The zero-order chi connectivity index (χ0) is 11.4. The van der Waals surface area contributed by atoms with Crippen molar-refractivity contribution in [1.29, 1.82) is 0 Å². The molecule has 1 atom stereocenters. The average Bonchev–Trinajstić information content (AvgIpc) is 2.83. The fourth-order valence-electron chi connectivity index (χ4n) is 1.29. The first kappa shape index (κ1) is 10.3.